The molecule has 2 heterocycles. The summed E-state index contributed by atoms with van der Waals surface area (Å²) >= 11 is 3.44. The van der Waals surface area contributed by atoms with Crippen molar-refractivity contribution < 1.29 is 4.74 Å². The number of aromatic nitrogens is 3. The summed E-state index contributed by atoms with van der Waals surface area (Å²) in [4.78, 5) is 17.9. The fourth-order valence-electron chi connectivity index (χ4n) is 3.88. The molecule has 7 heteroatoms. The highest BCUT2D eigenvalue weighted by atomic mass is 79.9. The highest BCUT2D eigenvalue weighted by molar-refractivity contribution is 9.10. The van der Waals surface area contributed by atoms with Crippen LogP contribution in [0.25, 0.3) is 16.6 Å². The zero-order valence-corrected chi connectivity index (χ0v) is 20.2. The molecule has 164 valence electrons. The second kappa shape index (κ2) is 9.12. The highest BCUT2D eigenvalue weighted by Gasteiger charge is 2.13. The van der Waals surface area contributed by atoms with Crippen molar-refractivity contribution in [2.45, 2.75) is 33.6 Å². The lowest BCUT2D eigenvalue weighted by Gasteiger charge is -2.11. The number of fused-ring (bicyclic) bond motifs is 1. The van der Waals surface area contributed by atoms with E-state index in [0.717, 1.165) is 39.3 Å². The Morgan fingerprint density at radius 1 is 1.16 bits per heavy atom. The van der Waals surface area contributed by atoms with Crippen LogP contribution < -0.4 is 10.3 Å². The first kappa shape index (κ1) is 22.0. The molecule has 0 radical (unpaired) electrons. The smallest absolute Gasteiger partial charge is 0.282 e. The molecule has 0 aliphatic heterocycles. The SMILES string of the molecule is CCCc1nc2ccc(Br)cc2c(=O)n1N=Cc1cc(C)n(-c2cccc(OC)c2)c1C. The van der Waals surface area contributed by atoms with E-state index in [0.29, 0.717) is 23.1 Å². The van der Waals surface area contributed by atoms with Crippen LogP contribution in [0.2, 0.25) is 0 Å². The minimum absolute atomic E-state index is 0.169. The van der Waals surface area contributed by atoms with Gasteiger partial charge in [0.25, 0.3) is 5.56 Å². The average molecular weight is 493 g/mol. The standard InChI is InChI=1S/C25H25BrN4O2/c1-5-7-24-28-23-11-10-19(26)13-22(23)25(31)30(24)27-15-18-12-16(2)29(17(18)3)20-8-6-9-21(14-20)32-4/h6,8-15H,5,7H2,1-4H3. The summed E-state index contributed by atoms with van der Waals surface area (Å²) in [5, 5.41) is 5.12. The number of aryl methyl sites for hydroxylation is 2. The van der Waals surface area contributed by atoms with Gasteiger partial charge in [0.2, 0.25) is 0 Å². The van der Waals surface area contributed by atoms with Crippen LogP contribution in [-0.4, -0.2) is 27.6 Å². The Morgan fingerprint density at radius 2 is 1.97 bits per heavy atom. The van der Waals surface area contributed by atoms with Gasteiger partial charge in [-0.15, -0.1) is 0 Å². The third-order valence-electron chi connectivity index (χ3n) is 5.44. The predicted molar refractivity (Wildman–Crippen MR) is 132 cm³/mol. The van der Waals surface area contributed by atoms with Crippen molar-refractivity contribution in [2.24, 2.45) is 5.10 Å². The quantitative estimate of drug-likeness (QED) is 0.338. The summed E-state index contributed by atoms with van der Waals surface area (Å²) < 4.78 is 9.79. The van der Waals surface area contributed by atoms with Crippen molar-refractivity contribution in [3.8, 4) is 11.4 Å². The lowest BCUT2D eigenvalue weighted by atomic mass is 10.2. The van der Waals surface area contributed by atoms with E-state index in [1.165, 1.54) is 4.68 Å². The Morgan fingerprint density at radius 3 is 2.72 bits per heavy atom. The van der Waals surface area contributed by atoms with Gasteiger partial charge in [-0.1, -0.05) is 28.9 Å². The van der Waals surface area contributed by atoms with E-state index in [1.54, 1.807) is 19.4 Å². The number of rotatable bonds is 6. The van der Waals surface area contributed by atoms with Gasteiger partial charge in [0, 0.05) is 39.6 Å². The molecule has 32 heavy (non-hydrogen) atoms. The molecule has 0 unspecified atom stereocenters. The Hall–Kier alpha value is -3.19. The number of methoxy groups -OCH3 is 1. The molecule has 0 amide bonds. The fourth-order valence-corrected chi connectivity index (χ4v) is 4.25. The van der Waals surface area contributed by atoms with E-state index in [2.05, 4.69) is 38.6 Å². The van der Waals surface area contributed by atoms with E-state index in [-0.39, 0.29) is 5.56 Å². The van der Waals surface area contributed by atoms with Gasteiger partial charge in [-0.05, 0) is 56.7 Å². The summed E-state index contributed by atoms with van der Waals surface area (Å²) in [6.45, 7) is 6.15. The largest absolute Gasteiger partial charge is 0.497 e. The lowest BCUT2D eigenvalue weighted by Crippen LogP contribution is -2.22. The summed E-state index contributed by atoms with van der Waals surface area (Å²) in [6, 6.07) is 15.5. The van der Waals surface area contributed by atoms with E-state index >= 15 is 0 Å². The number of benzene rings is 2. The van der Waals surface area contributed by atoms with Crippen LogP contribution in [0.1, 0.15) is 36.1 Å². The molecule has 0 saturated carbocycles. The van der Waals surface area contributed by atoms with Crippen molar-refractivity contribution in [1.82, 2.24) is 14.2 Å². The number of hydrogen-bond donors (Lipinski definition) is 0. The third-order valence-corrected chi connectivity index (χ3v) is 5.94. The van der Waals surface area contributed by atoms with E-state index < -0.39 is 0 Å². The minimum atomic E-state index is -0.169. The minimum Gasteiger partial charge on any atom is -0.497 e. The van der Waals surface area contributed by atoms with Gasteiger partial charge in [-0.3, -0.25) is 4.79 Å². The van der Waals surface area contributed by atoms with Crippen LogP contribution in [-0.2, 0) is 6.42 Å². The Kier molecular flexibility index (Phi) is 6.28. The molecule has 0 spiro atoms. The fraction of sp³-hybridized carbons (Fsp3) is 0.240. The van der Waals surface area contributed by atoms with Crippen LogP contribution in [0.15, 0.2) is 62.9 Å². The zero-order chi connectivity index (χ0) is 22.8. The topological polar surface area (TPSA) is 61.4 Å². The summed E-state index contributed by atoms with van der Waals surface area (Å²) in [5.41, 5.74) is 4.57. The van der Waals surface area contributed by atoms with Crippen molar-refractivity contribution in [3.63, 3.8) is 0 Å². The molecule has 0 aliphatic carbocycles. The first-order valence-corrected chi connectivity index (χ1v) is 11.3. The molecular weight excluding hydrogens is 468 g/mol. The van der Waals surface area contributed by atoms with Crippen molar-refractivity contribution in [2.75, 3.05) is 7.11 Å². The first-order valence-electron chi connectivity index (χ1n) is 10.5. The van der Waals surface area contributed by atoms with Crippen LogP contribution in [0.3, 0.4) is 0 Å². The number of ether oxygens (including phenoxy) is 1. The van der Waals surface area contributed by atoms with Gasteiger partial charge in [0.05, 0.1) is 24.2 Å². The molecule has 2 aromatic carbocycles. The molecule has 0 saturated heterocycles. The molecule has 0 aliphatic rings. The third kappa shape index (κ3) is 4.12. The maximum absolute atomic E-state index is 13.2. The molecular formula is C25H25BrN4O2. The van der Waals surface area contributed by atoms with Gasteiger partial charge in [0.15, 0.2) is 0 Å². The summed E-state index contributed by atoms with van der Waals surface area (Å²) in [7, 11) is 1.66. The van der Waals surface area contributed by atoms with E-state index in [9.17, 15) is 4.79 Å². The normalized spacial score (nSPS) is 11.5. The zero-order valence-electron chi connectivity index (χ0n) is 18.6. The second-order valence-corrected chi connectivity index (χ2v) is 8.58. The van der Waals surface area contributed by atoms with Gasteiger partial charge in [-0.2, -0.15) is 9.78 Å². The molecule has 6 nitrogen and oxygen atoms in total. The second-order valence-electron chi connectivity index (χ2n) is 7.66. The molecule has 2 aromatic heterocycles. The monoisotopic (exact) mass is 492 g/mol. The molecule has 4 rings (SSSR count). The maximum Gasteiger partial charge on any atom is 0.282 e. The maximum atomic E-state index is 13.2. The number of hydrogen-bond acceptors (Lipinski definition) is 4. The van der Waals surface area contributed by atoms with Crippen LogP contribution >= 0.6 is 15.9 Å². The predicted octanol–water partition coefficient (Wildman–Crippen LogP) is 5.41. The van der Waals surface area contributed by atoms with Crippen LogP contribution in [0.4, 0.5) is 0 Å². The Bertz CT molecular complexity index is 1380. The van der Waals surface area contributed by atoms with Gasteiger partial charge in [0.1, 0.15) is 11.6 Å². The molecule has 0 bridgehead atoms. The van der Waals surface area contributed by atoms with Crippen LogP contribution in [0, 0.1) is 13.8 Å². The average Bonchev–Trinajstić information content (AvgIpc) is 3.07. The van der Waals surface area contributed by atoms with Crippen molar-refractivity contribution in [3.05, 3.63) is 86.1 Å². The van der Waals surface area contributed by atoms with Gasteiger partial charge >= 0.3 is 0 Å². The van der Waals surface area contributed by atoms with Gasteiger partial charge < -0.3 is 9.30 Å². The highest BCUT2D eigenvalue weighted by Crippen LogP contribution is 2.23. The lowest BCUT2D eigenvalue weighted by molar-refractivity contribution is 0.414. The molecule has 0 atom stereocenters. The first-order chi connectivity index (χ1) is 15.4. The Balaban J connectivity index is 1.80. The molecule has 0 N–H and O–H groups in total. The summed E-state index contributed by atoms with van der Waals surface area (Å²) in [6.07, 6.45) is 3.28. The van der Waals surface area contributed by atoms with Gasteiger partial charge in [-0.25, -0.2) is 4.98 Å². The van der Waals surface area contributed by atoms with Crippen molar-refractivity contribution in [1.29, 1.82) is 0 Å². The summed E-state index contributed by atoms with van der Waals surface area (Å²) in [5.74, 6) is 1.46. The Labute approximate surface area is 195 Å². The van der Waals surface area contributed by atoms with Crippen LogP contribution in [0.5, 0.6) is 5.75 Å². The molecule has 0 fully saturated rings. The molecule has 4 aromatic rings. The number of halogens is 1. The van der Waals surface area contributed by atoms with E-state index in [1.807, 2.05) is 50.2 Å². The van der Waals surface area contributed by atoms with Crippen molar-refractivity contribution >= 4 is 33.0 Å². The van der Waals surface area contributed by atoms with E-state index in [4.69, 9.17) is 9.72 Å². The number of nitrogens with zero attached hydrogens (tertiary/aromatic N) is 4.